The summed E-state index contributed by atoms with van der Waals surface area (Å²) in [5.74, 6) is 0.758. The lowest BCUT2D eigenvalue weighted by atomic mass is 10.0. The number of fused-ring (bicyclic) bond motifs is 2. The smallest absolute Gasteiger partial charge is 0.258 e. The average molecular weight is 315 g/mol. The number of aromatic nitrogens is 1. The number of ether oxygens (including phenoxy) is 1. The van der Waals surface area contributed by atoms with E-state index in [-0.39, 0.29) is 5.56 Å². The number of nitrogens with zero attached hydrogens (tertiary/aromatic N) is 1. The molecule has 0 saturated carbocycles. The molecule has 0 saturated heterocycles. The monoisotopic (exact) mass is 315 g/mol. The Bertz CT molecular complexity index is 1090. The van der Waals surface area contributed by atoms with Crippen LogP contribution in [0.4, 0.5) is 0 Å². The standard InChI is InChI=1S/C21H17NO2/c1-24-18-9-10-20-16(13-18)11-12-22(21(20)23)14-17-7-4-6-15-5-2-3-8-19(15)17/h2-13H,14H2,1H3. The lowest BCUT2D eigenvalue weighted by molar-refractivity contribution is 0.415. The molecule has 3 nitrogen and oxygen atoms in total. The zero-order valence-corrected chi connectivity index (χ0v) is 13.4. The molecule has 0 N–H and O–H groups in total. The van der Waals surface area contributed by atoms with Crippen LogP contribution in [0.3, 0.4) is 0 Å². The summed E-state index contributed by atoms with van der Waals surface area (Å²) in [5.41, 5.74) is 1.16. The van der Waals surface area contributed by atoms with E-state index < -0.39 is 0 Å². The SMILES string of the molecule is COc1ccc2c(=O)n(Cc3cccc4ccccc34)ccc2c1. The Labute approximate surface area is 139 Å². The predicted octanol–water partition coefficient (Wildman–Crippen LogP) is 4.21. The van der Waals surface area contributed by atoms with Crippen LogP contribution in [0.1, 0.15) is 5.56 Å². The van der Waals surface area contributed by atoms with Gasteiger partial charge in [0.1, 0.15) is 5.75 Å². The van der Waals surface area contributed by atoms with Crippen LogP contribution < -0.4 is 10.3 Å². The van der Waals surface area contributed by atoms with Crippen LogP contribution >= 0.6 is 0 Å². The number of hydrogen-bond acceptors (Lipinski definition) is 2. The first-order valence-electron chi connectivity index (χ1n) is 7.90. The van der Waals surface area contributed by atoms with Crippen molar-refractivity contribution in [1.29, 1.82) is 0 Å². The molecule has 0 spiro atoms. The van der Waals surface area contributed by atoms with Gasteiger partial charge in [-0.05, 0) is 46.0 Å². The molecule has 0 unspecified atom stereocenters. The molecule has 0 radical (unpaired) electrons. The first kappa shape index (κ1) is 14.5. The molecule has 0 aliphatic heterocycles. The number of methoxy groups -OCH3 is 1. The first-order chi connectivity index (χ1) is 11.8. The summed E-state index contributed by atoms with van der Waals surface area (Å²) in [6.07, 6.45) is 1.85. The highest BCUT2D eigenvalue weighted by molar-refractivity contribution is 5.86. The molecule has 4 rings (SSSR count). The third kappa shape index (κ3) is 2.44. The molecule has 0 amide bonds. The van der Waals surface area contributed by atoms with Crippen LogP contribution in [-0.2, 0) is 6.54 Å². The topological polar surface area (TPSA) is 31.2 Å². The van der Waals surface area contributed by atoms with Gasteiger partial charge in [0, 0.05) is 11.6 Å². The molecule has 0 bridgehead atoms. The van der Waals surface area contributed by atoms with Crippen LogP contribution in [0.15, 0.2) is 77.7 Å². The molecule has 4 aromatic rings. The quantitative estimate of drug-likeness (QED) is 0.567. The maximum atomic E-state index is 12.8. The van der Waals surface area contributed by atoms with Crippen molar-refractivity contribution in [2.24, 2.45) is 0 Å². The van der Waals surface area contributed by atoms with E-state index in [1.165, 1.54) is 10.8 Å². The average Bonchev–Trinajstić information content (AvgIpc) is 2.64. The summed E-state index contributed by atoms with van der Waals surface area (Å²) in [4.78, 5) is 12.8. The van der Waals surface area contributed by atoms with Gasteiger partial charge in [0.2, 0.25) is 0 Å². The molecule has 24 heavy (non-hydrogen) atoms. The fourth-order valence-electron chi connectivity index (χ4n) is 3.13. The van der Waals surface area contributed by atoms with Crippen molar-refractivity contribution >= 4 is 21.5 Å². The number of hydrogen-bond donors (Lipinski definition) is 0. The summed E-state index contributed by atoms with van der Waals surface area (Å²) in [5, 5.41) is 3.97. The van der Waals surface area contributed by atoms with Crippen LogP contribution in [0.5, 0.6) is 5.75 Å². The minimum atomic E-state index is 0.0167. The Balaban J connectivity index is 1.82. The van der Waals surface area contributed by atoms with Gasteiger partial charge < -0.3 is 9.30 Å². The van der Waals surface area contributed by atoms with E-state index in [0.717, 1.165) is 16.7 Å². The van der Waals surface area contributed by atoms with Gasteiger partial charge >= 0.3 is 0 Å². The Kier molecular flexibility index (Phi) is 3.54. The highest BCUT2D eigenvalue weighted by atomic mass is 16.5. The molecule has 0 aliphatic rings. The van der Waals surface area contributed by atoms with E-state index in [1.54, 1.807) is 11.7 Å². The first-order valence-corrected chi connectivity index (χ1v) is 7.90. The van der Waals surface area contributed by atoms with Gasteiger partial charge in [0.15, 0.2) is 0 Å². The van der Waals surface area contributed by atoms with Crippen LogP contribution in [0.2, 0.25) is 0 Å². The van der Waals surface area contributed by atoms with E-state index in [9.17, 15) is 4.79 Å². The molecule has 1 aromatic heterocycles. The van der Waals surface area contributed by atoms with Gasteiger partial charge in [-0.1, -0.05) is 42.5 Å². The Hall–Kier alpha value is -3.07. The normalized spacial score (nSPS) is 11.0. The van der Waals surface area contributed by atoms with Crippen molar-refractivity contribution in [1.82, 2.24) is 4.57 Å². The summed E-state index contributed by atoms with van der Waals surface area (Å²) < 4.78 is 6.99. The van der Waals surface area contributed by atoms with Crippen molar-refractivity contribution in [2.45, 2.75) is 6.54 Å². The lowest BCUT2D eigenvalue weighted by Crippen LogP contribution is -2.20. The molecular formula is C21H17NO2. The Morgan fingerprint density at radius 2 is 1.71 bits per heavy atom. The minimum Gasteiger partial charge on any atom is -0.497 e. The van der Waals surface area contributed by atoms with E-state index in [2.05, 4.69) is 24.3 Å². The van der Waals surface area contributed by atoms with Gasteiger partial charge in [-0.25, -0.2) is 0 Å². The van der Waals surface area contributed by atoms with Crippen LogP contribution in [-0.4, -0.2) is 11.7 Å². The molecule has 0 atom stereocenters. The third-order valence-electron chi connectivity index (χ3n) is 4.40. The van der Waals surface area contributed by atoms with Gasteiger partial charge in [-0.3, -0.25) is 4.79 Å². The van der Waals surface area contributed by atoms with Gasteiger partial charge in [0.05, 0.1) is 13.7 Å². The van der Waals surface area contributed by atoms with Crippen molar-refractivity contribution in [2.75, 3.05) is 7.11 Å². The van der Waals surface area contributed by atoms with Crippen molar-refractivity contribution < 1.29 is 4.74 Å². The molecule has 1 heterocycles. The van der Waals surface area contributed by atoms with Crippen molar-refractivity contribution in [3.63, 3.8) is 0 Å². The molecule has 3 heteroatoms. The maximum Gasteiger partial charge on any atom is 0.258 e. The van der Waals surface area contributed by atoms with E-state index in [4.69, 9.17) is 4.74 Å². The maximum absolute atomic E-state index is 12.8. The molecule has 118 valence electrons. The van der Waals surface area contributed by atoms with Crippen LogP contribution in [0, 0.1) is 0 Å². The zero-order chi connectivity index (χ0) is 16.5. The second-order valence-electron chi connectivity index (χ2n) is 5.84. The van der Waals surface area contributed by atoms with Crippen molar-refractivity contribution in [3.8, 4) is 5.75 Å². The zero-order valence-electron chi connectivity index (χ0n) is 13.4. The molecule has 0 fully saturated rings. The summed E-state index contributed by atoms with van der Waals surface area (Å²) in [6, 6.07) is 22.0. The molecule has 0 aliphatic carbocycles. The van der Waals surface area contributed by atoms with E-state index in [1.807, 2.05) is 48.7 Å². The molecule has 3 aromatic carbocycles. The third-order valence-corrected chi connectivity index (χ3v) is 4.40. The Morgan fingerprint density at radius 1 is 0.875 bits per heavy atom. The highest BCUT2D eigenvalue weighted by Crippen LogP contribution is 2.21. The summed E-state index contributed by atoms with van der Waals surface area (Å²) in [6.45, 7) is 0.558. The Morgan fingerprint density at radius 3 is 2.58 bits per heavy atom. The second kappa shape index (κ2) is 5.85. The fraction of sp³-hybridized carbons (Fsp3) is 0.0952. The number of rotatable bonds is 3. The predicted molar refractivity (Wildman–Crippen MR) is 97.8 cm³/mol. The summed E-state index contributed by atoms with van der Waals surface area (Å²) >= 11 is 0. The van der Waals surface area contributed by atoms with Crippen molar-refractivity contribution in [3.05, 3.63) is 88.8 Å². The second-order valence-corrected chi connectivity index (χ2v) is 5.84. The largest absolute Gasteiger partial charge is 0.497 e. The summed E-state index contributed by atoms with van der Waals surface area (Å²) in [7, 11) is 1.63. The number of benzene rings is 3. The number of pyridine rings is 1. The van der Waals surface area contributed by atoms with E-state index >= 15 is 0 Å². The lowest BCUT2D eigenvalue weighted by Gasteiger charge is -2.10. The van der Waals surface area contributed by atoms with Gasteiger partial charge in [0.25, 0.3) is 5.56 Å². The van der Waals surface area contributed by atoms with Gasteiger partial charge in [-0.15, -0.1) is 0 Å². The van der Waals surface area contributed by atoms with Crippen LogP contribution in [0.25, 0.3) is 21.5 Å². The fourth-order valence-corrected chi connectivity index (χ4v) is 3.13. The van der Waals surface area contributed by atoms with E-state index in [0.29, 0.717) is 11.9 Å². The van der Waals surface area contributed by atoms with Gasteiger partial charge in [-0.2, -0.15) is 0 Å². The highest BCUT2D eigenvalue weighted by Gasteiger charge is 2.06. The minimum absolute atomic E-state index is 0.0167. The molecular weight excluding hydrogens is 298 g/mol.